The molecule has 2 aromatic rings. The molecule has 124 valence electrons. The van der Waals surface area contributed by atoms with Crippen molar-refractivity contribution in [3.63, 3.8) is 0 Å². The van der Waals surface area contributed by atoms with Crippen LogP contribution < -0.4 is 10.5 Å². The average Bonchev–Trinajstić information content (AvgIpc) is 2.52. The highest BCUT2D eigenvalue weighted by atomic mass is 16.6. The Kier molecular flexibility index (Phi) is 4.73. The van der Waals surface area contributed by atoms with Gasteiger partial charge in [-0.15, -0.1) is 0 Å². The first-order valence-electron chi connectivity index (χ1n) is 6.74. The Morgan fingerprint density at radius 1 is 1.08 bits per heavy atom. The molecule has 0 aliphatic carbocycles. The molecule has 0 heterocycles. The zero-order valence-electron chi connectivity index (χ0n) is 12.6. The van der Waals surface area contributed by atoms with Gasteiger partial charge >= 0.3 is 5.69 Å². The van der Waals surface area contributed by atoms with Gasteiger partial charge in [-0.2, -0.15) is 0 Å². The van der Waals surface area contributed by atoms with Crippen molar-refractivity contribution in [1.29, 1.82) is 0 Å². The lowest BCUT2D eigenvalue weighted by molar-refractivity contribution is -0.387. The lowest BCUT2D eigenvalue weighted by atomic mass is 10.1. The minimum absolute atomic E-state index is 0.00742. The van der Waals surface area contributed by atoms with Crippen molar-refractivity contribution < 1.29 is 19.4 Å². The van der Waals surface area contributed by atoms with Crippen LogP contribution in [-0.4, -0.2) is 15.8 Å². The van der Waals surface area contributed by atoms with Crippen LogP contribution in [0.3, 0.4) is 0 Å². The first kappa shape index (κ1) is 16.9. The van der Waals surface area contributed by atoms with Crippen LogP contribution >= 0.6 is 0 Å². The van der Waals surface area contributed by atoms with Crippen LogP contribution in [0.25, 0.3) is 0 Å². The number of aryl methyl sites for hydroxylation is 1. The van der Waals surface area contributed by atoms with Gasteiger partial charge in [0.2, 0.25) is 5.91 Å². The molecular formula is C15H13N3O6. The Balaban J connectivity index is 2.33. The zero-order valence-corrected chi connectivity index (χ0v) is 12.6. The van der Waals surface area contributed by atoms with E-state index in [0.29, 0.717) is 0 Å². The summed E-state index contributed by atoms with van der Waals surface area (Å²) in [5.41, 5.74) is 5.42. The summed E-state index contributed by atoms with van der Waals surface area (Å²) in [6, 6.07) is 8.05. The van der Waals surface area contributed by atoms with E-state index >= 15 is 0 Å². The molecule has 2 aromatic carbocycles. The topological polar surface area (TPSA) is 139 Å². The van der Waals surface area contributed by atoms with E-state index in [0.717, 1.165) is 11.6 Å². The number of benzene rings is 2. The quantitative estimate of drug-likeness (QED) is 0.637. The van der Waals surface area contributed by atoms with Crippen LogP contribution in [0.2, 0.25) is 0 Å². The fourth-order valence-electron chi connectivity index (χ4n) is 2.05. The molecule has 0 bridgehead atoms. The van der Waals surface area contributed by atoms with Gasteiger partial charge in [0.25, 0.3) is 5.69 Å². The van der Waals surface area contributed by atoms with Crippen molar-refractivity contribution in [3.8, 4) is 5.75 Å². The number of nitro benzene ring substituents is 2. The number of hydrogen-bond acceptors (Lipinski definition) is 6. The number of ether oxygens (including phenoxy) is 1. The number of rotatable bonds is 6. The summed E-state index contributed by atoms with van der Waals surface area (Å²) in [6.07, 6.45) is 0. The van der Waals surface area contributed by atoms with Gasteiger partial charge in [0.15, 0.2) is 5.75 Å². The maximum atomic E-state index is 11.1. The molecule has 0 saturated carbocycles. The number of amides is 1. The number of carbonyl (C=O) groups is 1. The third kappa shape index (κ3) is 3.64. The number of nitrogens with zero attached hydrogens (tertiary/aromatic N) is 2. The monoisotopic (exact) mass is 331 g/mol. The predicted octanol–water partition coefficient (Wildman–Crippen LogP) is 2.49. The summed E-state index contributed by atoms with van der Waals surface area (Å²) >= 11 is 0. The largest absolute Gasteiger partial charge is 0.482 e. The summed E-state index contributed by atoms with van der Waals surface area (Å²) in [7, 11) is 0. The van der Waals surface area contributed by atoms with Crippen molar-refractivity contribution in [2.75, 3.05) is 0 Å². The highest BCUT2D eigenvalue weighted by molar-refractivity contribution is 5.93. The number of nitro groups is 2. The van der Waals surface area contributed by atoms with Gasteiger partial charge in [0.1, 0.15) is 6.61 Å². The van der Waals surface area contributed by atoms with Gasteiger partial charge in [-0.25, -0.2) is 0 Å². The second-order valence-electron chi connectivity index (χ2n) is 4.98. The predicted molar refractivity (Wildman–Crippen MR) is 83.8 cm³/mol. The lowest BCUT2D eigenvalue weighted by Crippen LogP contribution is -2.12. The molecule has 0 aromatic heterocycles. The van der Waals surface area contributed by atoms with E-state index in [9.17, 15) is 25.0 Å². The minimum atomic E-state index is -0.792. The molecule has 2 N–H and O–H groups in total. The Bertz CT molecular complexity index is 834. The molecule has 1 amide bonds. The maximum absolute atomic E-state index is 11.1. The molecule has 24 heavy (non-hydrogen) atoms. The molecule has 0 fully saturated rings. The molecule has 0 aliphatic heterocycles. The number of nitrogens with two attached hydrogens (primary N) is 1. The SMILES string of the molecule is Cc1ccc([N+](=O)[O-])c(OCc2ccc(C(N)=O)cc2[N+](=O)[O-])c1. The lowest BCUT2D eigenvalue weighted by Gasteiger charge is -2.09. The summed E-state index contributed by atoms with van der Waals surface area (Å²) in [5, 5.41) is 22.1. The molecule has 0 aliphatic rings. The summed E-state index contributed by atoms with van der Waals surface area (Å²) in [4.78, 5) is 32.0. The van der Waals surface area contributed by atoms with Gasteiger partial charge in [0.05, 0.1) is 15.4 Å². The van der Waals surface area contributed by atoms with Crippen LogP contribution in [0.15, 0.2) is 36.4 Å². The van der Waals surface area contributed by atoms with E-state index in [1.807, 2.05) is 0 Å². The van der Waals surface area contributed by atoms with E-state index in [4.69, 9.17) is 10.5 Å². The highest BCUT2D eigenvalue weighted by Crippen LogP contribution is 2.30. The van der Waals surface area contributed by atoms with E-state index in [2.05, 4.69) is 0 Å². The number of hydrogen-bond donors (Lipinski definition) is 1. The van der Waals surface area contributed by atoms with Crippen LogP contribution in [0.4, 0.5) is 11.4 Å². The van der Waals surface area contributed by atoms with Gasteiger partial charge in [-0.05, 0) is 30.7 Å². The normalized spacial score (nSPS) is 10.2. The molecule has 0 spiro atoms. The first-order chi connectivity index (χ1) is 11.3. The molecule has 0 saturated heterocycles. The fraction of sp³-hybridized carbons (Fsp3) is 0.133. The summed E-state index contributed by atoms with van der Waals surface area (Å²) in [6.45, 7) is 1.47. The van der Waals surface area contributed by atoms with Crippen LogP contribution in [0.5, 0.6) is 5.75 Å². The first-order valence-corrected chi connectivity index (χ1v) is 6.74. The minimum Gasteiger partial charge on any atom is -0.482 e. The second kappa shape index (κ2) is 6.73. The van der Waals surface area contributed by atoms with E-state index < -0.39 is 15.8 Å². The summed E-state index contributed by atoms with van der Waals surface area (Å²) in [5.74, 6) is -0.784. The van der Waals surface area contributed by atoms with Crippen LogP contribution in [-0.2, 0) is 6.61 Å². The Labute approximate surface area is 136 Å². The third-order valence-corrected chi connectivity index (χ3v) is 3.26. The smallest absolute Gasteiger partial charge is 0.310 e. The van der Waals surface area contributed by atoms with Crippen molar-refractivity contribution in [1.82, 2.24) is 0 Å². The van der Waals surface area contributed by atoms with E-state index in [1.165, 1.54) is 24.3 Å². The molecule has 0 unspecified atom stereocenters. The Morgan fingerprint density at radius 3 is 2.33 bits per heavy atom. The summed E-state index contributed by atoms with van der Waals surface area (Å²) < 4.78 is 5.39. The Morgan fingerprint density at radius 2 is 1.75 bits per heavy atom. The fourth-order valence-corrected chi connectivity index (χ4v) is 2.05. The van der Waals surface area contributed by atoms with Crippen molar-refractivity contribution >= 4 is 17.3 Å². The number of carbonyl (C=O) groups excluding carboxylic acids is 1. The molecule has 9 nitrogen and oxygen atoms in total. The van der Waals surface area contributed by atoms with Gasteiger partial charge < -0.3 is 10.5 Å². The standard InChI is InChI=1S/C15H13N3O6/c1-9-2-5-12(17(20)21)14(6-9)24-8-11-4-3-10(15(16)19)7-13(11)18(22)23/h2-7H,8H2,1H3,(H2,16,19). The average molecular weight is 331 g/mol. The van der Waals surface area contributed by atoms with Gasteiger partial charge in [-0.1, -0.05) is 6.07 Å². The second-order valence-corrected chi connectivity index (χ2v) is 4.98. The van der Waals surface area contributed by atoms with E-state index in [1.54, 1.807) is 13.0 Å². The highest BCUT2D eigenvalue weighted by Gasteiger charge is 2.19. The molecule has 0 atom stereocenters. The Hall–Kier alpha value is -3.49. The van der Waals surface area contributed by atoms with E-state index in [-0.39, 0.29) is 34.9 Å². The van der Waals surface area contributed by atoms with Crippen molar-refractivity contribution in [2.45, 2.75) is 13.5 Å². The van der Waals surface area contributed by atoms with Crippen LogP contribution in [0, 0.1) is 27.2 Å². The van der Waals surface area contributed by atoms with Crippen molar-refractivity contribution in [3.05, 3.63) is 73.3 Å². The third-order valence-electron chi connectivity index (χ3n) is 3.26. The molecule has 2 rings (SSSR count). The van der Waals surface area contributed by atoms with Crippen LogP contribution in [0.1, 0.15) is 21.5 Å². The maximum Gasteiger partial charge on any atom is 0.310 e. The molecule has 0 radical (unpaired) electrons. The zero-order chi connectivity index (χ0) is 17.9. The van der Waals surface area contributed by atoms with Gasteiger partial charge in [0, 0.05) is 17.7 Å². The van der Waals surface area contributed by atoms with Gasteiger partial charge in [-0.3, -0.25) is 25.0 Å². The number of primary amides is 1. The molecule has 9 heteroatoms. The molecular weight excluding hydrogens is 318 g/mol. The van der Waals surface area contributed by atoms with Crippen molar-refractivity contribution in [2.24, 2.45) is 5.73 Å².